The second kappa shape index (κ2) is 13.9. The Morgan fingerprint density at radius 3 is 1.90 bits per heavy atom. The van der Waals surface area contributed by atoms with Crippen molar-refractivity contribution in [2.24, 2.45) is 0 Å². The Hall–Kier alpha value is -5.17. The van der Waals surface area contributed by atoms with Crippen LogP contribution in [0.5, 0.6) is 0 Å². The van der Waals surface area contributed by atoms with Crippen LogP contribution in [0.25, 0.3) is 66.6 Å². The van der Waals surface area contributed by atoms with Crippen LogP contribution in [-0.2, 0) is 26.5 Å². The summed E-state index contributed by atoms with van der Waals surface area (Å²) in [5.74, 6) is 1.31. The summed E-state index contributed by atoms with van der Waals surface area (Å²) in [5.41, 5.74) is 11.1. The van der Waals surface area contributed by atoms with Crippen molar-refractivity contribution >= 4 is 32.6 Å². The SMILES string of the molecule is CCc1nnc(-c2ccncn2)[n-]1.Cc1[c-]c(-c2nc3cc4cc5ccccc5cc4cc3nc2-c2cc(C)cc(C)c2)cc(C)c1.[Ir]. The van der Waals surface area contributed by atoms with E-state index in [9.17, 15) is 0 Å². The van der Waals surface area contributed by atoms with E-state index in [1.807, 2.05) is 6.92 Å². The molecule has 0 saturated heterocycles. The van der Waals surface area contributed by atoms with Gasteiger partial charge in [0, 0.05) is 37.8 Å². The number of aromatic nitrogens is 7. The van der Waals surface area contributed by atoms with Crippen LogP contribution in [0.2, 0.25) is 0 Å². The van der Waals surface area contributed by atoms with Crippen molar-refractivity contribution in [3.05, 3.63) is 132 Å². The van der Waals surface area contributed by atoms with Crippen molar-refractivity contribution < 1.29 is 20.1 Å². The van der Waals surface area contributed by atoms with E-state index in [2.05, 4.69) is 138 Å². The van der Waals surface area contributed by atoms with E-state index >= 15 is 0 Å². The monoisotopic (exact) mass is 804 g/mol. The van der Waals surface area contributed by atoms with Gasteiger partial charge in [-0.1, -0.05) is 74.4 Å². The fourth-order valence-electron chi connectivity index (χ4n) is 5.97. The molecule has 0 atom stereocenters. The minimum Gasteiger partial charge on any atom is -0.361 e. The minimum absolute atomic E-state index is 0. The zero-order valence-electron chi connectivity index (χ0n) is 27.4. The Kier molecular flexibility index (Phi) is 9.49. The third-order valence-corrected chi connectivity index (χ3v) is 8.01. The number of benzene rings is 5. The second-order valence-electron chi connectivity index (χ2n) is 11.9. The fraction of sp³-hybridized carbons (Fsp3) is 0.150. The van der Waals surface area contributed by atoms with Gasteiger partial charge in [-0.2, -0.15) is 0 Å². The number of hydrogen-bond acceptors (Lipinski definition) is 6. The van der Waals surface area contributed by atoms with Crippen LogP contribution in [0, 0.1) is 33.8 Å². The smallest absolute Gasteiger partial charge is 0.116 e. The summed E-state index contributed by atoms with van der Waals surface area (Å²) >= 11 is 0. The Balaban J connectivity index is 0.000000241. The molecule has 0 aliphatic heterocycles. The zero-order chi connectivity index (χ0) is 32.5. The Bertz CT molecular complexity index is 2230. The van der Waals surface area contributed by atoms with Crippen LogP contribution < -0.4 is 4.98 Å². The topological polar surface area (TPSA) is 91.4 Å². The third-order valence-electron chi connectivity index (χ3n) is 8.01. The first-order valence-corrected chi connectivity index (χ1v) is 15.7. The molecular formula is C40H33IrN7-2. The van der Waals surface area contributed by atoms with Crippen molar-refractivity contribution in [3.8, 4) is 34.0 Å². The predicted molar refractivity (Wildman–Crippen MR) is 189 cm³/mol. The standard InChI is InChI=1S/C32H25N2.C8H8N5.Ir/c1-19-9-20(2)12-27(11-19)31-32(28-13-21(3)10-22(4)14-28)34-30-18-26-16-24-8-6-5-7-23(24)15-25(26)17-29(30)33-31;1-2-7-11-8(13-12-7)6-3-4-9-5-10-6;/h5-13,15-18H,1-4H3;3-5H,2H2,1H3;/q2*-1;. The molecule has 0 unspecified atom stereocenters. The Morgan fingerprint density at radius 1 is 0.667 bits per heavy atom. The maximum Gasteiger partial charge on any atom is 0.116 e. The molecule has 8 rings (SSSR count). The largest absolute Gasteiger partial charge is 0.361 e. The molecule has 0 aliphatic carbocycles. The van der Waals surface area contributed by atoms with Gasteiger partial charge in [0.2, 0.25) is 0 Å². The van der Waals surface area contributed by atoms with Gasteiger partial charge in [0.15, 0.2) is 0 Å². The summed E-state index contributed by atoms with van der Waals surface area (Å²) in [7, 11) is 0. The Morgan fingerprint density at radius 2 is 1.31 bits per heavy atom. The molecule has 0 saturated carbocycles. The molecule has 0 fully saturated rings. The molecule has 3 aromatic heterocycles. The quantitative estimate of drug-likeness (QED) is 0.130. The second-order valence-corrected chi connectivity index (χ2v) is 11.9. The third kappa shape index (κ3) is 6.91. The summed E-state index contributed by atoms with van der Waals surface area (Å²) in [4.78, 5) is 22.4. The maximum atomic E-state index is 5.21. The number of nitrogens with zero attached hydrogens (tertiary/aromatic N) is 7. The first kappa shape index (κ1) is 32.8. The molecule has 0 N–H and O–H groups in total. The van der Waals surface area contributed by atoms with Crippen LogP contribution in [0.4, 0.5) is 0 Å². The van der Waals surface area contributed by atoms with E-state index in [0.717, 1.165) is 51.4 Å². The average Bonchev–Trinajstić information content (AvgIpc) is 3.55. The summed E-state index contributed by atoms with van der Waals surface area (Å²) in [6.45, 7) is 10.5. The molecule has 48 heavy (non-hydrogen) atoms. The Labute approximate surface area is 293 Å². The molecule has 0 aliphatic rings. The molecule has 0 amide bonds. The van der Waals surface area contributed by atoms with Crippen LogP contribution in [0.15, 0.2) is 97.5 Å². The molecule has 5 aromatic carbocycles. The van der Waals surface area contributed by atoms with Gasteiger partial charge >= 0.3 is 0 Å². The van der Waals surface area contributed by atoms with Gasteiger partial charge in [-0.05, 0) is 83.5 Å². The van der Waals surface area contributed by atoms with Crippen molar-refractivity contribution in [2.75, 3.05) is 0 Å². The molecule has 3 heterocycles. The van der Waals surface area contributed by atoms with Crippen molar-refractivity contribution in [3.63, 3.8) is 0 Å². The van der Waals surface area contributed by atoms with E-state index in [1.54, 1.807) is 12.3 Å². The van der Waals surface area contributed by atoms with Crippen molar-refractivity contribution in [1.29, 1.82) is 0 Å². The van der Waals surface area contributed by atoms with E-state index in [4.69, 9.17) is 9.97 Å². The van der Waals surface area contributed by atoms with E-state index in [-0.39, 0.29) is 20.1 Å². The van der Waals surface area contributed by atoms with Gasteiger partial charge < -0.3 is 15.2 Å². The van der Waals surface area contributed by atoms with Gasteiger partial charge in [0.1, 0.15) is 6.33 Å². The summed E-state index contributed by atoms with van der Waals surface area (Å²) in [5, 5.41) is 12.6. The molecule has 8 heteroatoms. The number of fused-ring (bicyclic) bond motifs is 3. The van der Waals surface area contributed by atoms with Gasteiger partial charge in [-0.15, -0.1) is 34.9 Å². The van der Waals surface area contributed by atoms with Gasteiger partial charge in [0.05, 0.1) is 22.4 Å². The van der Waals surface area contributed by atoms with Gasteiger partial charge in [0.25, 0.3) is 0 Å². The van der Waals surface area contributed by atoms with Gasteiger partial charge in [-0.25, -0.2) is 9.97 Å². The molecule has 8 aromatic rings. The normalized spacial score (nSPS) is 10.9. The fourth-order valence-corrected chi connectivity index (χ4v) is 5.97. The first-order chi connectivity index (χ1) is 22.8. The molecule has 0 bridgehead atoms. The summed E-state index contributed by atoms with van der Waals surface area (Å²) in [6, 6.07) is 33.5. The van der Waals surface area contributed by atoms with Gasteiger partial charge in [-0.3, -0.25) is 9.97 Å². The van der Waals surface area contributed by atoms with Crippen LogP contribution in [-0.4, -0.2) is 30.1 Å². The summed E-state index contributed by atoms with van der Waals surface area (Å²) in [6.07, 6.45) is 3.92. The zero-order valence-corrected chi connectivity index (χ0v) is 29.8. The van der Waals surface area contributed by atoms with Crippen molar-refractivity contribution in [1.82, 2.24) is 35.1 Å². The van der Waals surface area contributed by atoms with E-state index in [0.29, 0.717) is 11.5 Å². The van der Waals surface area contributed by atoms with Crippen LogP contribution in [0.1, 0.15) is 35.0 Å². The van der Waals surface area contributed by atoms with Crippen LogP contribution in [0.3, 0.4) is 0 Å². The number of rotatable bonds is 4. The number of hydrogen-bond donors (Lipinski definition) is 0. The molecule has 7 nitrogen and oxygen atoms in total. The first-order valence-electron chi connectivity index (χ1n) is 15.7. The van der Waals surface area contributed by atoms with E-state index < -0.39 is 0 Å². The molecule has 0 spiro atoms. The summed E-state index contributed by atoms with van der Waals surface area (Å²) < 4.78 is 0. The maximum absolute atomic E-state index is 5.21. The van der Waals surface area contributed by atoms with Crippen LogP contribution >= 0.6 is 0 Å². The number of aryl methyl sites for hydroxylation is 5. The predicted octanol–water partition coefficient (Wildman–Crippen LogP) is 8.75. The molecule has 239 valence electrons. The van der Waals surface area contributed by atoms with Crippen molar-refractivity contribution in [2.45, 2.75) is 41.0 Å². The average molecular weight is 804 g/mol. The molecule has 1 radical (unpaired) electrons. The van der Waals surface area contributed by atoms with E-state index in [1.165, 1.54) is 44.6 Å². The minimum atomic E-state index is 0. The molecular weight excluding hydrogens is 771 g/mol.